The van der Waals surface area contributed by atoms with Crippen LogP contribution in [0.5, 0.6) is 0 Å². The lowest BCUT2D eigenvalue weighted by molar-refractivity contribution is -0.156. The first kappa shape index (κ1) is 10.2. The van der Waals surface area contributed by atoms with Crippen LogP contribution in [0.25, 0.3) is 0 Å². The lowest BCUT2D eigenvalue weighted by atomic mass is 9.76. The molecule has 0 bridgehead atoms. The molecule has 13 heavy (non-hydrogen) atoms. The highest BCUT2D eigenvalue weighted by atomic mass is 16.5. The summed E-state index contributed by atoms with van der Waals surface area (Å²) in [7, 11) is 1.38. The number of methoxy groups -OCH3 is 1. The fourth-order valence-electron chi connectivity index (χ4n) is 2.00. The zero-order chi connectivity index (χ0) is 10.1. The van der Waals surface area contributed by atoms with E-state index in [1.807, 2.05) is 13.8 Å². The van der Waals surface area contributed by atoms with Crippen molar-refractivity contribution in [1.82, 2.24) is 0 Å². The predicted octanol–water partition coefficient (Wildman–Crippen LogP) is 1.55. The van der Waals surface area contributed by atoms with Crippen molar-refractivity contribution in [3.8, 4) is 0 Å². The van der Waals surface area contributed by atoms with Gasteiger partial charge in [0.2, 0.25) is 0 Å². The van der Waals surface area contributed by atoms with E-state index in [0.717, 1.165) is 0 Å². The summed E-state index contributed by atoms with van der Waals surface area (Å²) in [6.07, 6.45) is 1.53. The first-order valence-corrected chi connectivity index (χ1v) is 4.63. The SMILES string of the molecule is COC(=O)C1(C(C)C)CCC(=O)C1. The van der Waals surface area contributed by atoms with Gasteiger partial charge in [-0.1, -0.05) is 13.8 Å². The number of Topliss-reactive ketones (excluding diaryl/α,β-unsaturated/α-hetero) is 1. The molecule has 1 fully saturated rings. The third-order valence-corrected chi connectivity index (χ3v) is 3.06. The summed E-state index contributed by atoms with van der Waals surface area (Å²) in [5.41, 5.74) is -0.536. The van der Waals surface area contributed by atoms with E-state index < -0.39 is 5.41 Å². The third kappa shape index (κ3) is 1.60. The second-order valence-electron chi connectivity index (χ2n) is 4.02. The number of carbonyl (C=O) groups is 2. The maximum atomic E-state index is 11.5. The molecule has 3 nitrogen and oxygen atoms in total. The van der Waals surface area contributed by atoms with E-state index in [1.54, 1.807) is 0 Å². The normalized spacial score (nSPS) is 28.2. The van der Waals surface area contributed by atoms with E-state index in [0.29, 0.717) is 19.3 Å². The predicted molar refractivity (Wildman–Crippen MR) is 48.1 cm³/mol. The van der Waals surface area contributed by atoms with Crippen LogP contribution in [0.15, 0.2) is 0 Å². The minimum Gasteiger partial charge on any atom is -0.469 e. The Morgan fingerprint density at radius 2 is 2.15 bits per heavy atom. The van der Waals surface area contributed by atoms with Crippen molar-refractivity contribution in [3.63, 3.8) is 0 Å². The molecule has 0 aromatic carbocycles. The summed E-state index contributed by atoms with van der Waals surface area (Å²) in [6.45, 7) is 3.94. The van der Waals surface area contributed by atoms with Crippen LogP contribution in [-0.2, 0) is 14.3 Å². The van der Waals surface area contributed by atoms with Gasteiger partial charge in [0.25, 0.3) is 0 Å². The quantitative estimate of drug-likeness (QED) is 0.611. The molecule has 0 aromatic heterocycles. The Kier molecular flexibility index (Phi) is 2.74. The minimum atomic E-state index is -0.536. The Labute approximate surface area is 78.5 Å². The molecule has 1 rings (SSSR count). The lowest BCUT2D eigenvalue weighted by Gasteiger charge is -2.28. The first-order valence-electron chi connectivity index (χ1n) is 4.63. The van der Waals surface area contributed by atoms with Crippen LogP contribution < -0.4 is 0 Å². The van der Waals surface area contributed by atoms with E-state index in [-0.39, 0.29) is 17.7 Å². The van der Waals surface area contributed by atoms with E-state index in [2.05, 4.69) is 0 Å². The summed E-state index contributed by atoms with van der Waals surface area (Å²) in [5, 5.41) is 0. The largest absolute Gasteiger partial charge is 0.469 e. The van der Waals surface area contributed by atoms with Gasteiger partial charge in [-0.2, -0.15) is 0 Å². The van der Waals surface area contributed by atoms with Gasteiger partial charge in [-0.3, -0.25) is 9.59 Å². The third-order valence-electron chi connectivity index (χ3n) is 3.06. The molecular weight excluding hydrogens is 168 g/mol. The second-order valence-corrected chi connectivity index (χ2v) is 4.02. The number of carbonyl (C=O) groups excluding carboxylic acids is 2. The molecule has 1 aliphatic carbocycles. The van der Waals surface area contributed by atoms with Crippen LogP contribution >= 0.6 is 0 Å². The fraction of sp³-hybridized carbons (Fsp3) is 0.800. The highest BCUT2D eigenvalue weighted by Crippen LogP contribution is 2.43. The molecule has 1 saturated carbocycles. The van der Waals surface area contributed by atoms with Crippen LogP contribution in [0.1, 0.15) is 33.1 Å². The fourth-order valence-corrected chi connectivity index (χ4v) is 2.00. The first-order chi connectivity index (χ1) is 6.03. The number of hydrogen-bond acceptors (Lipinski definition) is 3. The van der Waals surface area contributed by atoms with Gasteiger partial charge in [0.1, 0.15) is 5.78 Å². The summed E-state index contributed by atoms with van der Waals surface area (Å²) in [6, 6.07) is 0. The minimum absolute atomic E-state index is 0.173. The molecular formula is C10H16O3. The van der Waals surface area contributed by atoms with Crippen LogP contribution in [0.3, 0.4) is 0 Å². The molecule has 0 N–H and O–H groups in total. The van der Waals surface area contributed by atoms with Gasteiger partial charge in [-0.15, -0.1) is 0 Å². The molecule has 0 saturated heterocycles. The standard InChI is InChI=1S/C10H16O3/c1-7(2)10(9(12)13-3)5-4-8(11)6-10/h7H,4-6H2,1-3H3. The molecule has 0 aliphatic heterocycles. The molecule has 1 unspecified atom stereocenters. The monoisotopic (exact) mass is 184 g/mol. The molecule has 3 heteroatoms. The molecule has 0 spiro atoms. The van der Waals surface area contributed by atoms with E-state index >= 15 is 0 Å². The maximum Gasteiger partial charge on any atom is 0.312 e. The van der Waals surface area contributed by atoms with E-state index in [4.69, 9.17) is 4.74 Å². The smallest absolute Gasteiger partial charge is 0.312 e. The molecule has 0 heterocycles. The number of hydrogen-bond donors (Lipinski definition) is 0. The van der Waals surface area contributed by atoms with E-state index in [9.17, 15) is 9.59 Å². The van der Waals surface area contributed by atoms with Crippen molar-refractivity contribution in [1.29, 1.82) is 0 Å². The average Bonchev–Trinajstić information content (AvgIpc) is 2.47. The molecule has 0 amide bonds. The van der Waals surface area contributed by atoms with Crippen molar-refractivity contribution >= 4 is 11.8 Å². The number of rotatable bonds is 2. The highest BCUT2D eigenvalue weighted by Gasteiger charge is 2.48. The molecule has 0 radical (unpaired) electrons. The summed E-state index contributed by atoms with van der Waals surface area (Å²) in [5.74, 6) is 0.124. The Balaban J connectivity index is 2.89. The van der Waals surface area contributed by atoms with Gasteiger partial charge < -0.3 is 4.74 Å². The van der Waals surface area contributed by atoms with Crippen LogP contribution in [0, 0.1) is 11.3 Å². The Bertz CT molecular complexity index is 232. The lowest BCUT2D eigenvalue weighted by Crippen LogP contribution is -2.35. The van der Waals surface area contributed by atoms with Gasteiger partial charge in [0.05, 0.1) is 12.5 Å². The van der Waals surface area contributed by atoms with Crippen molar-refractivity contribution in [3.05, 3.63) is 0 Å². The molecule has 1 aliphatic rings. The Morgan fingerprint density at radius 1 is 1.54 bits per heavy atom. The topological polar surface area (TPSA) is 43.4 Å². The van der Waals surface area contributed by atoms with Gasteiger partial charge >= 0.3 is 5.97 Å². The summed E-state index contributed by atoms with van der Waals surface area (Å²) >= 11 is 0. The molecule has 1 atom stereocenters. The van der Waals surface area contributed by atoms with Crippen LogP contribution in [-0.4, -0.2) is 18.9 Å². The second kappa shape index (κ2) is 3.48. The number of esters is 1. The van der Waals surface area contributed by atoms with Gasteiger partial charge in [-0.25, -0.2) is 0 Å². The zero-order valence-corrected chi connectivity index (χ0v) is 8.42. The summed E-state index contributed by atoms with van der Waals surface area (Å²) < 4.78 is 4.76. The van der Waals surface area contributed by atoms with Crippen molar-refractivity contribution in [2.75, 3.05) is 7.11 Å². The number of ketones is 1. The van der Waals surface area contributed by atoms with Crippen LogP contribution in [0.4, 0.5) is 0 Å². The van der Waals surface area contributed by atoms with Crippen molar-refractivity contribution in [2.24, 2.45) is 11.3 Å². The zero-order valence-electron chi connectivity index (χ0n) is 8.42. The Hall–Kier alpha value is -0.860. The highest BCUT2D eigenvalue weighted by molar-refractivity contribution is 5.90. The maximum absolute atomic E-state index is 11.5. The van der Waals surface area contributed by atoms with E-state index in [1.165, 1.54) is 7.11 Å². The average molecular weight is 184 g/mol. The molecule has 0 aromatic rings. The van der Waals surface area contributed by atoms with Crippen molar-refractivity contribution < 1.29 is 14.3 Å². The number of ether oxygens (including phenoxy) is 1. The van der Waals surface area contributed by atoms with Crippen molar-refractivity contribution in [2.45, 2.75) is 33.1 Å². The van der Waals surface area contributed by atoms with Gasteiger partial charge in [-0.05, 0) is 12.3 Å². The Morgan fingerprint density at radius 3 is 2.46 bits per heavy atom. The van der Waals surface area contributed by atoms with Gasteiger partial charge in [0, 0.05) is 12.8 Å². The molecule has 74 valence electrons. The van der Waals surface area contributed by atoms with Gasteiger partial charge in [0.15, 0.2) is 0 Å². The summed E-state index contributed by atoms with van der Waals surface area (Å²) in [4.78, 5) is 22.7. The van der Waals surface area contributed by atoms with Crippen LogP contribution in [0.2, 0.25) is 0 Å².